The smallest absolute Gasteiger partial charge is 0.354 e. The molecule has 1 fully saturated rings. The molecular formula is C21H32N2O4. The molecule has 150 valence electrons. The zero-order chi connectivity index (χ0) is 20.5. The number of rotatable bonds is 8. The lowest BCUT2D eigenvalue weighted by molar-refractivity contribution is -0.134. The van der Waals surface area contributed by atoms with Crippen molar-refractivity contribution in [1.29, 1.82) is 0 Å². The predicted octanol–water partition coefficient (Wildman–Crippen LogP) is 3.28. The molecular weight excluding hydrogens is 344 g/mol. The molecule has 0 aliphatic heterocycles. The van der Waals surface area contributed by atoms with Crippen LogP contribution in [0.4, 0.5) is 0 Å². The number of hydrogen-bond acceptors (Lipinski definition) is 4. The molecule has 0 spiro atoms. The first kappa shape index (κ1) is 21.2. The maximum atomic E-state index is 13.3. The topological polar surface area (TPSA) is 68.6 Å². The van der Waals surface area contributed by atoms with E-state index in [4.69, 9.17) is 4.74 Å². The number of aromatic nitrogens is 1. The molecule has 6 nitrogen and oxygen atoms in total. The van der Waals surface area contributed by atoms with E-state index in [1.807, 2.05) is 6.92 Å². The van der Waals surface area contributed by atoms with Gasteiger partial charge < -0.3 is 14.2 Å². The zero-order valence-electron chi connectivity index (χ0n) is 17.6. The summed E-state index contributed by atoms with van der Waals surface area (Å²) in [6.45, 7) is 10.2. The summed E-state index contributed by atoms with van der Waals surface area (Å²) in [6, 6.07) is -0.554. The lowest BCUT2D eigenvalue weighted by Gasteiger charge is -2.29. The van der Waals surface area contributed by atoms with Crippen molar-refractivity contribution in [3.05, 3.63) is 22.5 Å². The molecule has 0 saturated heterocycles. The van der Waals surface area contributed by atoms with Crippen LogP contribution in [0.25, 0.3) is 0 Å². The van der Waals surface area contributed by atoms with Gasteiger partial charge in [-0.1, -0.05) is 13.8 Å². The van der Waals surface area contributed by atoms with E-state index >= 15 is 0 Å². The lowest BCUT2D eigenvalue weighted by Crippen LogP contribution is -2.45. The molecule has 6 heteroatoms. The van der Waals surface area contributed by atoms with Gasteiger partial charge in [0.25, 0.3) is 0 Å². The maximum absolute atomic E-state index is 13.3. The van der Waals surface area contributed by atoms with Gasteiger partial charge in [0.1, 0.15) is 5.69 Å². The highest BCUT2D eigenvalue weighted by Crippen LogP contribution is 2.33. The average molecular weight is 376 g/mol. The van der Waals surface area contributed by atoms with Crippen LogP contribution in [0, 0.1) is 25.7 Å². The first-order valence-corrected chi connectivity index (χ1v) is 9.70. The minimum Gasteiger partial charge on any atom is -0.464 e. The highest BCUT2D eigenvalue weighted by atomic mass is 16.5. The number of esters is 1. The van der Waals surface area contributed by atoms with Crippen LogP contribution in [0.2, 0.25) is 0 Å². The van der Waals surface area contributed by atoms with Gasteiger partial charge in [0.2, 0.25) is 5.91 Å². The third-order valence-electron chi connectivity index (χ3n) is 5.56. The molecule has 27 heavy (non-hydrogen) atoms. The van der Waals surface area contributed by atoms with E-state index in [0.29, 0.717) is 35.0 Å². The van der Waals surface area contributed by atoms with Gasteiger partial charge in [-0.2, -0.15) is 0 Å². The number of ketones is 1. The second kappa shape index (κ2) is 8.28. The molecule has 1 aromatic heterocycles. The van der Waals surface area contributed by atoms with Gasteiger partial charge >= 0.3 is 5.97 Å². The van der Waals surface area contributed by atoms with Gasteiger partial charge in [-0.15, -0.1) is 0 Å². The van der Waals surface area contributed by atoms with Gasteiger partial charge in [-0.3, -0.25) is 9.59 Å². The molecule has 1 atom stereocenters. The van der Waals surface area contributed by atoms with Crippen molar-refractivity contribution in [3.63, 3.8) is 0 Å². The van der Waals surface area contributed by atoms with Crippen LogP contribution >= 0.6 is 0 Å². The van der Waals surface area contributed by atoms with Crippen molar-refractivity contribution in [1.82, 2.24) is 9.47 Å². The van der Waals surface area contributed by atoms with Crippen molar-refractivity contribution in [2.24, 2.45) is 18.9 Å². The molecule has 1 aliphatic rings. The molecule has 1 unspecified atom stereocenters. The summed E-state index contributed by atoms with van der Waals surface area (Å²) in [4.78, 5) is 40.0. The molecule has 1 amide bonds. The molecule has 1 heterocycles. The standard InChI is InChI=1S/C21H32N2O4/c1-12(2)10-11-23(20(25)16-8-9-16)15(5)19(24)17-13(3)18(21(26)27-7)22(6)14(17)4/h12,15-16H,8-11H2,1-7H3. The maximum Gasteiger partial charge on any atom is 0.354 e. The van der Waals surface area contributed by atoms with Crippen LogP contribution in [-0.2, 0) is 16.6 Å². The lowest BCUT2D eigenvalue weighted by atomic mass is 9.99. The van der Waals surface area contributed by atoms with E-state index in [1.54, 1.807) is 30.4 Å². The number of carbonyl (C=O) groups excluding carboxylic acids is 3. The van der Waals surface area contributed by atoms with Crippen LogP contribution in [0.5, 0.6) is 0 Å². The van der Waals surface area contributed by atoms with E-state index in [0.717, 1.165) is 19.3 Å². The number of carbonyl (C=O) groups is 3. The van der Waals surface area contributed by atoms with E-state index in [9.17, 15) is 14.4 Å². The fourth-order valence-corrected chi connectivity index (χ4v) is 3.53. The second-order valence-corrected chi connectivity index (χ2v) is 8.01. The summed E-state index contributed by atoms with van der Waals surface area (Å²) in [5, 5.41) is 0. The Balaban J connectivity index is 2.36. The SMILES string of the molecule is COC(=O)c1c(C)c(C(=O)C(C)N(CCC(C)C)C(=O)C2CC2)c(C)n1C. The van der Waals surface area contributed by atoms with E-state index in [1.165, 1.54) is 7.11 Å². The summed E-state index contributed by atoms with van der Waals surface area (Å²) in [6.07, 6.45) is 2.68. The minimum absolute atomic E-state index is 0.0657. The third-order valence-corrected chi connectivity index (χ3v) is 5.56. The third kappa shape index (κ3) is 4.25. The summed E-state index contributed by atoms with van der Waals surface area (Å²) in [5.41, 5.74) is 2.23. The number of methoxy groups -OCH3 is 1. The summed E-state index contributed by atoms with van der Waals surface area (Å²) >= 11 is 0. The van der Waals surface area contributed by atoms with Gasteiger partial charge in [-0.25, -0.2) is 4.79 Å². The Morgan fingerprint density at radius 3 is 2.26 bits per heavy atom. The quantitative estimate of drug-likeness (QED) is 0.516. The highest BCUT2D eigenvalue weighted by molar-refractivity contribution is 6.06. The van der Waals surface area contributed by atoms with Crippen molar-refractivity contribution < 1.29 is 19.1 Å². The van der Waals surface area contributed by atoms with Crippen LogP contribution in [0.3, 0.4) is 0 Å². The van der Waals surface area contributed by atoms with Crippen molar-refractivity contribution >= 4 is 17.7 Å². The van der Waals surface area contributed by atoms with Gasteiger partial charge in [0.05, 0.1) is 13.2 Å². The monoisotopic (exact) mass is 376 g/mol. The molecule has 0 radical (unpaired) electrons. The Bertz CT molecular complexity index is 744. The second-order valence-electron chi connectivity index (χ2n) is 8.01. The fourth-order valence-electron chi connectivity index (χ4n) is 3.53. The molecule has 1 aliphatic carbocycles. The first-order chi connectivity index (χ1) is 12.6. The first-order valence-electron chi connectivity index (χ1n) is 9.70. The zero-order valence-corrected chi connectivity index (χ0v) is 17.6. The number of amides is 1. The number of ether oxygens (including phenoxy) is 1. The van der Waals surface area contributed by atoms with E-state index < -0.39 is 12.0 Å². The molecule has 1 aromatic rings. The number of nitrogens with zero attached hydrogens (tertiary/aromatic N) is 2. The normalized spacial score (nSPS) is 15.0. The molecule has 1 saturated carbocycles. The summed E-state index contributed by atoms with van der Waals surface area (Å²) in [7, 11) is 3.08. The fraction of sp³-hybridized carbons (Fsp3) is 0.667. The van der Waals surface area contributed by atoms with Crippen LogP contribution < -0.4 is 0 Å². The van der Waals surface area contributed by atoms with Gasteiger partial charge in [-0.05, 0) is 51.5 Å². The van der Waals surface area contributed by atoms with Crippen LogP contribution in [0.15, 0.2) is 0 Å². The van der Waals surface area contributed by atoms with Crippen molar-refractivity contribution in [3.8, 4) is 0 Å². The van der Waals surface area contributed by atoms with E-state index in [-0.39, 0.29) is 17.6 Å². The van der Waals surface area contributed by atoms with Gasteiger partial charge in [0.15, 0.2) is 5.78 Å². The Morgan fingerprint density at radius 2 is 1.78 bits per heavy atom. The van der Waals surface area contributed by atoms with Crippen molar-refractivity contribution in [2.45, 2.75) is 59.9 Å². The van der Waals surface area contributed by atoms with Crippen molar-refractivity contribution in [2.75, 3.05) is 13.7 Å². The summed E-state index contributed by atoms with van der Waals surface area (Å²) in [5.74, 6) is 0.0175. The average Bonchev–Trinajstić information content (AvgIpc) is 3.42. The Morgan fingerprint density at radius 1 is 1.19 bits per heavy atom. The number of hydrogen-bond donors (Lipinski definition) is 0. The molecule has 0 N–H and O–H groups in total. The highest BCUT2D eigenvalue weighted by Gasteiger charge is 2.38. The van der Waals surface area contributed by atoms with Gasteiger partial charge in [0, 0.05) is 30.8 Å². The largest absolute Gasteiger partial charge is 0.464 e. The molecule has 0 bridgehead atoms. The Kier molecular flexibility index (Phi) is 6.50. The molecule has 2 rings (SSSR count). The number of Topliss-reactive ketones (excluding diaryl/α,β-unsaturated/α-hetero) is 1. The summed E-state index contributed by atoms with van der Waals surface area (Å²) < 4.78 is 6.56. The Labute approximate surface area is 161 Å². The Hall–Kier alpha value is -2.11. The predicted molar refractivity (Wildman–Crippen MR) is 104 cm³/mol. The minimum atomic E-state index is -0.554. The van der Waals surface area contributed by atoms with Crippen LogP contribution in [-0.4, -0.2) is 46.8 Å². The van der Waals surface area contributed by atoms with E-state index in [2.05, 4.69) is 13.8 Å². The van der Waals surface area contributed by atoms with Crippen LogP contribution in [0.1, 0.15) is 72.1 Å². The molecule has 0 aromatic carbocycles.